The van der Waals surface area contributed by atoms with E-state index in [2.05, 4.69) is 62.7 Å². The Kier molecular flexibility index (Phi) is 2.92. The zero-order valence-electron chi connectivity index (χ0n) is 10.1. The lowest BCUT2D eigenvalue weighted by molar-refractivity contribution is 0.794. The van der Waals surface area contributed by atoms with E-state index in [1.54, 1.807) is 0 Å². The smallest absolute Gasteiger partial charge is 0.0949 e. The SMILES string of the molecule is Cc1c(Cn2ccnc2)ccc2ccc(Br)cc12. The maximum Gasteiger partial charge on any atom is 0.0949 e. The van der Waals surface area contributed by atoms with Gasteiger partial charge in [-0.2, -0.15) is 0 Å². The van der Waals surface area contributed by atoms with Crippen LogP contribution in [0.4, 0.5) is 0 Å². The summed E-state index contributed by atoms with van der Waals surface area (Å²) in [7, 11) is 0. The van der Waals surface area contributed by atoms with E-state index in [-0.39, 0.29) is 0 Å². The number of benzene rings is 2. The van der Waals surface area contributed by atoms with E-state index < -0.39 is 0 Å². The molecule has 0 aliphatic heterocycles. The number of aryl methyl sites for hydroxylation is 1. The normalized spacial score (nSPS) is 11.0. The Balaban J connectivity index is 2.10. The van der Waals surface area contributed by atoms with Crippen LogP contribution in [0.2, 0.25) is 0 Å². The molecular weight excluding hydrogens is 288 g/mol. The lowest BCUT2D eigenvalue weighted by atomic mass is 10.00. The molecule has 0 radical (unpaired) electrons. The number of hydrogen-bond donors (Lipinski definition) is 0. The quantitative estimate of drug-likeness (QED) is 0.695. The molecule has 18 heavy (non-hydrogen) atoms. The number of rotatable bonds is 2. The molecule has 3 heteroatoms. The van der Waals surface area contributed by atoms with Gasteiger partial charge >= 0.3 is 0 Å². The highest BCUT2D eigenvalue weighted by Crippen LogP contribution is 2.25. The Morgan fingerprint density at radius 1 is 1.22 bits per heavy atom. The molecule has 0 spiro atoms. The third-order valence-corrected chi connectivity index (χ3v) is 3.77. The second-order valence-electron chi connectivity index (χ2n) is 4.45. The molecule has 3 aromatic rings. The number of aromatic nitrogens is 2. The maximum absolute atomic E-state index is 4.08. The first-order chi connectivity index (χ1) is 8.74. The summed E-state index contributed by atoms with van der Waals surface area (Å²) in [6.45, 7) is 3.05. The van der Waals surface area contributed by atoms with Crippen molar-refractivity contribution in [1.82, 2.24) is 9.55 Å². The largest absolute Gasteiger partial charge is 0.333 e. The molecule has 0 aliphatic carbocycles. The molecule has 0 bridgehead atoms. The second kappa shape index (κ2) is 4.58. The van der Waals surface area contributed by atoms with Crippen molar-refractivity contribution in [2.45, 2.75) is 13.5 Å². The molecule has 1 heterocycles. The van der Waals surface area contributed by atoms with Gasteiger partial charge in [-0.3, -0.25) is 0 Å². The van der Waals surface area contributed by atoms with Crippen LogP contribution < -0.4 is 0 Å². The van der Waals surface area contributed by atoms with Crippen LogP contribution in [0.25, 0.3) is 10.8 Å². The van der Waals surface area contributed by atoms with E-state index in [0.29, 0.717) is 0 Å². The van der Waals surface area contributed by atoms with Gasteiger partial charge < -0.3 is 4.57 Å². The molecule has 0 aliphatic rings. The molecular formula is C15H13BrN2. The number of hydrogen-bond acceptors (Lipinski definition) is 1. The van der Waals surface area contributed by atoms with Crippen LogP contribution in [0, 0.1) is 6.92 Å². The molecule has 0 saturated heterocycles. The van der Waals surface area contributed by atoms with Crippen LogP contribution >= 0.6 is 15.9 Å². The molecule has 0 atom stereocenters. The van der Waals surface area contributed by atoms with Crippen molar-refractivity contribution in [3.63, 3.8) is 0 Å². The summed E-state index contributed by atoms with van der Waals surface area (Å²) in [5, 5.41) is 2.59. The fourth-order valence-electron chi connectivity index (χ4n) is 2.24. The zero-order chi connectivity index (χ0) is 12.5. The van der Waals surface area contributed by atoms with Crippen LogP contribution in [0.15, 0.2) is 53.5 Å². The highest BCUT2D eigenvalue weighted by Gasteiger charge is 2.04. The zero-order valence-corrected chi connectivity index (χ0v) is 11.7. The first-order valence-electron chi connectivity index (χ1n) is 5.87. The van der Waals surface area contributed by atoms with Crippen LogP contribution in [0.5, 0.6) is 0 Å². The van der Waals surface area contributed by atoms with Gasteiger partial charge in [-0.25, -0.2) is 4.98 Å². The van der Waals surface area contributed by atoms with E-state index in [4.69, 9.17) is 0 Å². The Hall–Kier alpha value is -1.61. The van der Waals surface area contributed by atoms with Gasteiger partial charge in [-0.15, -0.1) is 0 Å². The number of halogens is 1. The summed E-state index contributed by atoms with van der Waals surface area (Å²) in [6, 6.07) is 10.8. The molecule has 2 aromatic carbocycles. The van der Waals surface area contributed by atoms with Crippen molar-refractivity contribution >= 4 is 26.7 Å². The molecule has 90 valence electrons. The molecule has 0 saturated carbocycles. The maximum atomic E-state index is 4.08. The minimum atomic E-state index is 0.869. The molecule has 1 aromatic heterocycles. The van der Waals surface area contributed by atoms with Gasteiger partial charge in [0.25, 0.3) is 0 Å². The average Bonchev–Trinajstić information content (AvgIpc) is 2.86. The summed E-state index contributed by atoms with van der Waals surface area (Å²) >= 11 is 3.54. The summed E-state index contributed by atoms with van der Waals surface area (Å²) in [5.41, 5.74) is 2.67. The van der Waals surface area contributed by atoms with Gasteiger partial charge in [-0.05, 0) is 41.0 Å². The van der Waals surface area contributed by atoms with Gasteiger partial charge in [-0.1, -0.05) is 34.1 Å². The number of imidazole rings is 1. The predicted molar refractivity (Wildman–Crippen MR) is 77.7 cm³/mol. The third kappa shape index (κ3) is 2.06. The molecule has 0 amide bonds. The predicted octanol–water partition coefficient (Wildman–Crippen LogP) is 4.16. The topological polar surface area (TPSA) is 17.8 Å². The van der Waals surface area contributed by atoms with Crippen LogP contribution in [0.3, 0.4) is 0 Å². The second-order valence-corrected chi connectivity index (χ2v) is 5.37. The van der Waals surface area contributed by atoms with Gasteiger partial charge in [0, 0.05) is 23.4 Å². The molecule has 0 unspecified atom stereocenters. The summed E-state index contributed by atoms with van der Waals surface area (Å²) in [6.07, 6.45) is 5.65. The first kappa shape index (κ1) is 11.5. The third-order valence-electron chi connectivity index (χ3n) is 3.28. The van der Waals surface area contributed by atoms with Crippen LogP contribution in [-0.2, 0) is 6.54 Å². The minimum absolute atomic E-state index is 0.869. The molecule has 2 nitrogen and oxygen atoms in total. The average molecular weight is 301 g/mol. The fraction of sp³-hybridized carbons (Fsp3) is 0.133. The fourth-order valence-corrected chi connectivity index (χ4v) is 2.60. The summed E-state index contributed by atoms with van der Waals surface area (Å²) in [5.74, 6) is 0. The van der Waals surface area contributed by atoms with Gasteiger partial charge in [0.1, 0.15) is 0 Å². The molecule has 3 rings (SSSR count). The van der Waals surface area contributed by atoms with Crippen LogP contribution in [-0.4, -0.2) is 9.55 Å². The van der Waals surface area contributed by atoms with E-state index in [0.717, 1.165) is 11.0 Å². The van der Waals surface area contributed by atoms with Crippen molar-refractivity contribution in [3.05, 3.63) is 64.7 Å². The number of fused-ring (bicyclic) bond motifs is 1. The van der Waals surface area contributed by atoms with Crippen molar-refractivity contribution in [3.8, 4) is 0 Å². The Bertz CT molecular complexity index is 687. The van der Waals surface area contributed by atoms with Gasteiger partial charge in [0.15, 0.2) is 0 Å². The summed E-state index contributed by atoms with van der Waals surface area (Å²) < 4.78 is 3.21. The van der Waals surface area contributed by atoms with E-state index >= 15 is 0 Å². The lowest BCUT2D eigenvalue weighted by Gasteiger charge is -2.10. The first-order valence-corrected chi connectivity index (χ1v) is 6.67. The number of nitrogens with zero attached hydrogens (tertiary/aromatic N) is 2. The standard InChI is InChI=1S/C15H13BrN2/c1-11-13(9-18-7-6-17-10-18)3-2-12-4-5-14(16)8-15(11)12/h2-8,10H,9H2,1H3. The lowest BCUT2D eigenvalue weighted by Crippen LogP contribution is -1.99. The van der Waals surface area contributed by atoms with E-state index in [9.17, 15) is 0 Å². The summed E-state index contributed by atoms with van der Waals surface area (Å²) in [4.78, 5) is 4.08. The van der Waals surface area contributed by atoms with Gasteiger partial charge in [0.05, 0.1) is 6.33 Å². The van der Waals surface area contributed by atoms with E-state index in [1.165, 1.54) is 21.9 Å². The molecule has 0 N–H and O–H groups in total. The highest BCUT2D eigenvalue weighted by atomic mass is 79.9. The Morgan fingerprint density at radius 3 is 2.83 bits per heavy atom. The highest BCUT2D eigenvalue weighted by molar-refractivity contribution is 9.10. The monoisotopic (exact) mass is 300 g/mol. The van der Waals surface area contributed by atoms with Crippen LogP contribution in [0.1, 0.15) is 11.1 Å². The Morgan fingerprint density at radius 2 is 2.06 bits per heavy atom. The Labute approximate surface area is 114 Å². The van der Waals surface area contributed by atoms with Gasteiger partial charge in [0.2, 0.25) is 0 Å². The van der Waals surface area contributed by atoms with Crippen molar-refractivity contribution in [1.29, 1.82) is 0 Å². The van der Waals surface area contributed by atoms with E-state index in [1.807, 2.05) is 18.7 Å². The van der Waals surface area contributed by atoms with Crippen molar-refractivity contribution < 1.29 is 0 Å². The molecule has 0 fully saturated rings. The van der Waals surface area contributed by atoms with Crippen molar-refractivity contribution in [2.24, 2.45) is 0 Å². The minimum Gasteiger partial charge on any atom is -0.333 e. The van der Waals surface area contributed by atoms with Crippen molar-refractivity contribution in [2.75, 3.05) is 0 Å².